The van der Waals surface area contributed by atoms with Gasteiger partial charge in [-0.1, -0.05) is 152 Å². The predicted octanol–water partition coefficient (Wildman–Crippen LogP) is 17.2. The number of fused-ring (bicyclic) bond motifs is 8. The van der Waals surface area contributed by atoms with E-state index in [1.165, 1.54) is 60.6 Å². The lowest BCUT2D eigenvalue weighted by Crippen LogP contribution is -2.61. The van der Waals surface area contributed by atoms with Gasteiger partial charge in [0.1, 0.15) is 0 Å². The monoisotopic (exact) mass is 971 g/mol. The Morgan fingerprint density at radius 2 is 1.01 bits per heavy atom. The van der Waals surface area contributed by atoms with E-state index in [1.54, 1.807) is 0 Å². The number of anilines is 6. The summed E-state index contributed by atoms with van der Waals surface area (Å²) < 4.78 is 50.1. The second kappa shape index (κ2) is 15.2. The highest BCUT2D eigenvalue weighted by atomic mass is 32.1. The zero-order valence-electron chi connectivity index (χ0n) is 45.3. The molecule has 0 N–H and O–H groups in total. The molecule has 7 heteroatoms. The summed E-state index contributed by atoms with van der Waals surface area (Å²) in [4.78, 5) is 6.00. The predicted molar refractivity (Wildman–Crippen MR) is 298 cm³/mol. The van der Waals surface area contributed by atoms with Crippen LogP contribution < -0.4 is 25.5 Å². The van der Waals surface area contributed by atoms with E-state index in [1.807, 2.05) is 11.3 Å². The number of nitrogens with zero attached hydrogens (tertiary/aromatic N) is 2. The molecular weight excluding hydrogens is 897 g/mol. The third kappa shape index (κ3) is 7.29. The largest absolute Gasteiger partial charge is 0.416 e. The van der Waals surface area contributed by atoms with Gasteiger partial charge in [0.05, 0.1) is 16.9 Å². The van der Waals surface area contributed by atoms with Crippen LogP contribution in [0.4, 0.5) is 47.3 Å². The van der Waals surface area contributed by atoms with Gasteiger partial charge in [-0.15, -0.1) is 0 Å². The van der Waals surface area contributed by atoms with Gasteiger partial charge >= 0.3 is 6.18 Å². The molecule has 5 aliphatic rings. The maximum atomic E-state index is 16.3. The van der Waals surface area contributed by atoms with Crippen LogP contribution in [0.25, 0.3) is 11.1 Å². The molecule has 0 fully saturated rings. The van der Waals surface area contributed by atoms with Crippen LogP contribution in [0.15, 0.2) is 84.9 Å². The second-order valence-corrected chi connectivity index (χ2v) is 28.4. The Hall–Kier alpha value is -4.75. The molecule has 3 aliphatic carbocycles. The number of alkyl halides is 3. The molecule has 0 radical (unpaired) electrons. The maximum Gasteiger partial charge on any atom is 0.416 e. The fourth-order valence-corrected chi connectivity index (χ4v) is 15.2. The van der Waals surface area contributed by atoms with Gasteiger partial charge in [0.25, 0.3) is 6.71 Å². The first kappa shape index (κ1) is 48.5. The number of hydrogen-bond donors (Lipinski definition) is 0. The van der Waals surface area contributed by atoms with Crippen molar-refractivity contribution in [2.75, 3.05) is 9.80 Å². The van der Waals surface area contributed by atoms with Crippen molar-refractivity contribution in [3.8, 4) is 11.1 Å². The van der Waals surface area contributed by atoms with Gasteiger partial charge in [-0.25, -0.2) is 0 Å². The highest BCUT2D eigenvalue weighted by Crippen LogP contribution is 2.59. The third-order valence-electron chi connectivity index (χ3n) is 18.4. The molecule has 5 aromatic carbocycles. The van der Waals surface area contributed by atoms with Crippen molar-refractivity contribution in [2.45, 2.75) is 193 Å². The summed E-state index contributed by atoms with van der Waals surface area (Å²) in [5.41, 5.74) is 16.7. The molecule has 6 aromatic rings. The summed E-state index contributed by atoms with van der Waals surface area (Å²) in [6.45, 7) is 37.0. The molecule has 71 heavy (non-hydrogen) atoms. The average molecular weight is 971 g/mol. The molecule has 0 atom stereocenters. The summed E-state index contributed by atoms with van der Waals surface area (Å²) in [5, 5.41) is 0. The molecule has 3 heterocycles. The lowest BCUT2D eigenvalue weighted by atomic mass is 9.35. The first-order chi connectivity index (χ1) is 32.8. The number of benzene rings is 5. The standard InChI is InChI=1S/C64H74BF3N2S/c1-37-30-39(57(2,3)4)22-23-47(37)70-51-32-40(64(66,67)68)31-50-53(51)65(56-54(70)52-55(71-56)63(15,16)29-28-62(52,13)14)46-34-43-45(61(11,12)27-25-59(43,7)8)36-49(46)69(50)48-35-44-42(58(5,6)24-26-60(44,9)10)33-41(48)38-20-18-17-19-21-38/h17-23,30-36H,24-29H2,1-16H3. The van der Waals surface area contributed by atoms with E-state index in [9.17, 15) is 0 Å². The number of halogens is 3. The molecule has 0 bridgehead atoms. The summed E-state index contributed by atoms with van der Waals surface area (Å²) in [7, 11) is 0. The van der Waals surface area contributed by atoms with Gasteiger partial charge in [-0.3, -0.25) is 0 Å². The van der Waals surface area contributed by atoms with Crippen molar-refractivity contribution in [3.63, 3.8) is 0 Å². The summed E-state index contributed by atoms with van der Waals surface area (Å²) in [6, 6.07) is 30.1. The summed E-state index contributed by atoms with van der Waals surface area (Å²) in [5.74, 6) is 0. The van der Waals surface area contributed by atoms with Crippen molar-refractivity contribution in [2.24, 2.45) is 0 Å². The average Bonchev–Trinajstić information content (AvgIpc) is 3.71. The molecule has 0 unspecified atom stereocenters. The maximum absolute atomic E-state index is 16.3. The Morgan fingerprint density at radius 3 is 1.56 bits per heavy atom. The Morgan fingerprint density at radius 1 is 0.507 bits per heavy atom. The molecular formula is C64H74BF3N2S. The van der Waals surface area contributed by atoms with Crippen LogP contribution in [0.5, 0.6) is 0 Å². The van der Waals surface area contributed by atoms with Crippen LogP contribution in [0.3, 0.4) is 0 Å². The minimum Gasteiger partial charge on any atom is -0.311 e. The van der Waals surface area contributed by atoms with Gasteiger partial charge in [0, 0.05) is 38.0 Å². The van der Waals surface area contributed by atoms with Gasteiger partial charge in [0.2, 0.25) is 0 Å². The van der Waals surface area contributed by atoms with E-state index in [2.05, 4.69) is 193 Å². The fourth-order valence-electron chi connectivity index (χ4n) is 13.5. The minimum atomic E-state index is -4.62. The van der Waals surface area contributed by atoms with Crippen LogP contribution in [-0.2, 0) is 44.1 Å². The minimum absolute atomic E-state index is 0.0843. The molecule has 0 saturated heterocycles. The fraction of sp³-hybridized carbons (Fsp3) is 0.469. The number of thiophene rings is 1. The Kier molecular flexibility index (Phi) is 10.4. The van der Waals surface area contributed by atoms with Gasteiger partial charge in [-0.05, 0) is 175 Å². The van der Waals surface area contributed by atoms with E-state index >= 15 is 13.2 Å². The SMILES string of the molecule is Cc1cc(C(C)(C)C)ccc1N1c2cc(C(F)(F)F)cc3c2B(c2cc4c(cc2N3c2cc3c(cc2-c2ccccc2)C(C)(C)CCC3(C)C)C(C)(C)CCC4(C)C)c2sc3c(c21)C(C)(C)CCC3(C)C. The molecule has 0 saturated carbocycles. The zero-order valence-corrected chi connectivity index (χ0v) is 46.2. The zero-order chi connectivity index (χ0) is 51.1. The molecule has 2 nitrogen and oxygen atoms in total. The van der Waals surface area contributed by atoms with Crippen LogP contribution in [0, 0.1) is 6.92 Å². The molecule has 1 aromatic heterocycles. The van der Waals surface area contributed by atoms with Crippen molar-refractivity contribution in [1.82, 2.24) is 0 Å². The van der Waals surface area contributed by atoms with Crippen molar-refractivity contribution in [1.29, 1.82) is 0 Å². The van der Waals surface area contributed by atoms with Crippen molar-refractivity contribution >= 4 is 67.9 Å². The van der Waals surface area contributed by atoms with Crippen molar-refractivity contribution < 1.29 is 13.2 Å². The number of rotatable bonds is 3. The van der Waals surface area contributed by atoms with Gasteiger partial charge < -0.3 is 9.80 Å². The van der Waals surface area contributed by atoms with Gasteiger partial charge in [-0.2, -0.15) is 24.5 Å². The topological polar surface area (TPSA) is 6.48 Å². The molecule has 2 aliphatic heterocycles. The Labute approximate surface area is 427 Å². The van der Waals surface area contributed by atoms with Gasteiger partial charge in [0.15, 0.2) is 0 Å². The highest BCUT2D eigenvalue weighted by molar-refractivity contribution is 7.29. The molecule has 0 amide bonds. The third-order valence-corrected chi connectivity index (χ3v) is 20.1. The van der Waals surface area contributed by atoms with Crippen molar-refractivity contribution in [3.05, 3.63) is 134 Å². The molecule has 0 spiro atoms. The lowest BCUT2D eigenvalue weighted by Gasteiger charge is -2.48. The molecule has 370 valence electrons. The highest BCUT2D eigenvalue weighted by Gasteiger charge is 2.53. The summed E-state index contributed by atoms with van der Waals surface area (Å²) in [6.07, 6.45) is 1.58. The van der Waals surface area contributed by atoms with E-state index in [0.29, 0.717) is 11.4 Å². The Balaban J connectivity index is 1.35. The van der Waals surface area contributed by atoms with Crippen LogP contribution in [0.2, 0.25) is 0 Å². The second-order valence-electron chi connectivity index (χ2n) is 27.3. The smallest absolute Gasteiger partial charge is 0.311 e. The van der Waals surface area contributed by atoms with Crippen LogP contribution in [-0.4, -0.2) is 6.71 Å². The van der Waals surface area contributed by atoms with E-state index in [0.717, 1.165) is 83.4 Å². The first-order valence-electron chi connectivity index (χ1n) is 26.4. The normalized spacial score (nSPS) is 20.6. The lowest BCUT2D eigenvalue weighted by molar-refractivity contribution is -0.137. The van der Waals surface area contributed by atoms with E-state index in [4.69, 9.17) is 0 Å². The van der Waals surface area contributed by atoms with Crippen LogP contribution >= 0.6 is 11.3 Å². The van der Waals surface area contributed by atoms with E-state index < -0.39 is 11.7 Å². The Bertz CT molecular complexity index is 3210. The quantitative estimate of drug-likeness (QED) is 0.163. The first-order valence-corrected chi connectivity index (χ1v) is 27.2. The summed E-state index contributed by atoms with van der Waals surface area (Å²) >= 11 is 1.94. The van der Waals surface area contributed by atoms with Crippen LogP contribution in [0.1, 0.15) is 192 Å². The number of hydrogen-bond acceptors (Lipinski definition) is 3. The van der Waals surface area contributed by atoms with E-state index in [-0.39, 0.29) is 44.6 Å². The molecule has 11 rings (SSSR count). The number of aryl methyl sites for hydroxylation is 1.